The van der Waals surface area contributed by atoms with E-state index >= 15 is 0 Å². The summed E-state index contributed by atoms with van der Waals surface area (Å²) in [5.41, 5.74) is 6.85. The predicted molar refractivity (Wildman–Crippen MR) is 51.6 cm³/mol. The predicted octanol–water partition coefficient (Wildman–Crippen LogP) is 1.96. The lowest BCUT2D eigenvalue weighted by atomic mass is 10.1. The molecule has 1 rings (SSSR count). The van der Waals surface area contributed by atoms with E-state index in [1.807, 2.05) is 6.07 Å². The van der Waals surface area contributed by atoms with E-state index in [0.29, 0.717) is 17.0 Å². The van der Waals surface area contributed by atoms with E-state index in [4.69, 9.17) is 18.0 Å². The van der Waals surface area contributed by atoms with Crippen LogP contribution in [-0.4, -0.2) is 4.99 Å². The molecule has 64 valence electrons. The van der Waals surface area contributed by atoms with Gasteiger partial charge in [-0.15, -0.1) is 0 Å². The van der Waals surface area contributed by atoms with E-state index in [0.717, 1.165) is 5.56 Å². The largest absolute Gasteiger partial charge is 0.393 e. The van der Waals surface area contributed by atoms with Gasteiger partial charge in [-0.2, -0.15) is 0 Å². The van der Waals surface area contributed by atoms with Crippen molar-refractivity contribution in [1.82, 2.24) is 0 Å². The number of rotatable bonds is 2. The summed E-state index contributed by atoms with van der Waals surface area (Å²) >= 11 is 4.74. The summed E-state index contributed by atoms with van der Waals surface area (Å²) in [6.07, 6.45) is 0.471. The number of hydrogen-bond acceptors (Lipinski definition) is 1. The van der Waals surface area contributed by atoms with E-state index in [9.17, 15) is 4.39 Å². The van der Waals surface area contributed by atoms with Crippen LogP contribution in [0, 0.1) is 12.7 Å². The van der Waals surface area contributed by atoms with E-state index in [1.54, 1.807) is 13.0 Å². The standard InChI is InChI=1S/C9H10FNS/c1-6-7(5-9(11)12)3-2-4-8(6)10/h2-4H,5H2,1H3,(H2,11,12). The van der Waals surface area contributed by atoms with Crippen molar-refractivity contribution in [3.8, 4) is 0 Å². The summed E-state index contributed by atoms with van der Waals surface area (Å²) < 4.78 is 12.9. The van der Waals surface area contributed by atoms with Gasteiger partial charge < -0.3 is 5.73 Å². The summed E-state index contributed by atoms with van der Waals surface area (Å²) in [5, 5.41) is 0. The van der Waals surface area contributed by atoms with Gasteiger partial charge in [-0.3, -0.25) is 0 Å². The van der Waals surface area contributed by atoms with Crippen LogP contribution in [0.1, 0.15) is 11.1 Å². The summed E-state index contributed by atoms with van der Waals surface area (Å²) in [6.45, 7) is 1.73. The SMILES string of the molecule is Cc1c(F)cccc1CC(N)=S. The maximum Gasteiger partial charge on any atom is 0.126 e. The first-order valence-corrected chi connectivity index (χ1v) is 4.04. The van der Waals surface area contributed by atoms with Crippen LogP contribution in [0.5, 0.6) is 0 Å². The van der Waals surface area contributed by atoms with Crippen LogP contribution in [-0.2, 0) is 6.42 Å². The minimum atomic E-state index is -0.205. The summed E-state index contributed by atoms with van der Waals surface area (Å²) in [6, 6.07) is 4.92. The third-order valence-electron chi connectivity index (χ3n) is 1.74. The summed E-state index contributed by atoms with van der Waals surface area (Å²) in [5.74, 6) is -0.205. The second kappa shape index (κ2) is 3.63. The topological polar surface area (TPSA) is 26.0 Å². The molecule has 0 bridgehead atoms. The normalized spacial score (nSPS) is 9.83. The van der Waals surface area contributed by atoms with E-state index in [1.165, 1.54) is 6.07 Å². The van der Waals surface area contributed by atoms with Crippen molar-refractivity contribution in [1.29, 1.82) is 0 Å². The van der Waals surface area contributed by atoms with Gasteiger partial charge in [-0.05, 0) is 24.1 Å². The van der Waals surface area contributed by atoms with Crippen molar-refractivity contribution in [2.24, 2.45) is 5.73 Å². The molecule has 1 aromatic rings. The molecule has 2 N–H and O–H groups in total. The van der Waals surface area contributed by atoms with Crippen molar-refractivity contribution in [3.63, 3.8) is 0 Å². The molecule has 0 aliphatic heterocycles. The van der Waals surface area contributed by atoms with Crippen LogP contribution in [0.4, 0.5) is 4.39 Å². The molecule has 0 aromatic heterocycles. The Morgan fingerprint density at radius 3 is 2.83 bits per heavy atom. The molecule has 0 heterocycles. The highest BCUT2D eigenvalue weighted by molar-refractivity contribution is 7.80. The second-order valence-corrected chi connectivity index (χ2v) is 3.19. The van der Waals surface area contributed by atoms with Crippen LogP contribution >= 0.6 is 12.2 Å². The Balaban J connectivity index is 3.00. The molecule has 0 spiro atoms. The highest BCUT2D eigenvalue weighted by Crippen LogP contribution is 2.12. The number of halogens is 1. The van der Waals surface area contributed by atoms with Gasteiger partial charge in [0.25, 0.3) is 0 Å². The molecule has 3 heteroatoms. The number of thiocarbonyl (C=S) groups is 1. The van der Waals surface area contributed by atoms with Gasteiger partial charge >= 0.3 is 0 Å². The minimum Gasteiger partial charge on any atom is -0.393 e. The fourth-order valence-corrected chi connectivity index (χ4v) is 1.19. The number of nitrogens with two attached hydrogens (primary N) is 1. The first kappa shape index (κ1) is 9.13. The zero-order valence-electron chi connectivity index (χ0n) is 6.80. The molecular weight excluding hydrogens is 173 g/mol. The first-order valence-electron chi connectivity index (χ1n) is 3.63. The molecular formula is C9H10FNS. The van der Waals surface area contributed by atoms with Gasteiger partial charge in [0.1, 0.15) is 5.82 Å². The highest BCUT2D eigenvalue weighted by atomic mass is 32.1. The van der Waals surface area contributed by atoms with E-state index in [2.05, 4.69) is 0 Å². The van der Waals surface area contributed by atoms with Crippen LogP contribution in [0.2, 0.25) is 0 Å². The van der Waals surface area contributed by atoms with Crippen LogP contribution in [0.3, 0.4) is 0 Å². The molecule has 0 saturated heterocycles. The van der Waals surface area contributed by atoms with Crippen molar-refractivity contribution in [3.05, 3.63) is 35.1 Å². The Hall–Kier alpha value is -0.960. The lowest BCUT2D eigenvalue weighted by molar-refractivity contribution is 0.616. The number of hydrogen-bond donors (Lipinski definition) is 1. The second-order valence-electron chi connectivity index (χ2n) is 2.67. The van der Waals surface area contributed by atoms with Crippen molar-refractivity contribution in [2.75, 3.05) is 0 Å². The molecule has 0 amide bonds. The molecule has 1 nitrogen and oxygen atoms in total. The third kappa shape index (κ3) is 2.01. The molecule has 0 fully saturated rings. The quantitative estimate of drug-likeness (QED) is 0.709. The maximum absolute atomic E-state index is 12.9. The first-order chi connectivity index (χ1) is 5.61. The van der Waals surface area contributed by atoms with Gasteiger partial charge in [-0.1, -0.05) is 24.4 Å². The molecule has 0 saturated carbocycles. The molecule has 1 aromatic carbocycles. The molecule has 0 atom stereocenters. The Kier molecular flexibility index (Phi) is 2.76. The van der Waals surface area contributed by atoms with E-state index in [-0.39, 0.29) is 5.82 Å². The lowest BCUT2D eigenvalue weighted by Gasteiger charge is -2.04. The van der Waals surface area contributed by atoms with Crippen molar-refractivity contribution in [2.45, 2.75) is 13.3 Å². The van der Waals surface area contributed by atoms with Crippen molar-refractivity contribution < 1.29 is 4.39 Å². The fraction of sp³-hybridized carbons (Fsp3) is 0.222. The monoisotopic (exact) mass is 183 g/mol. The van der Waals surface area contributed by atoms with Crippen LogP contribution < -0.4 is 5.73 Å². The summed E-state index contributed by atoms with van der Waals surface area (Å²) in [4.78, 5) is 0.392. The summed E-state index contributed by atoms with van der Waals surface area (Å²) in [7, 11) is 0. The van der Waals surface area contributed by atoms with Crippen molar-refractivity contribution >= 4 is 17.2 Å². The third-order valence-corrected chi connectivity index (χ3v) is 1.89. The van der Waals surface area contributed by atoms with Gasteiger partial charge in [0.15, 0.2) is 0 Å². The Morgan fingerprint density at radius 2 is 2.25 bits per heavy atom. The van der Waals surface area contributed by atoms with Gasteiger partial charge in [0, 0.05) is 6.42 Å². The molecule has 0 aliphatic carbocycles. The maximum atomic E-state index is 12.9. The van der Waals surface area contributed by atoms with Gasteiger partial charge in [-0.25, -0.2) is 4.39 Å². The molecule has 12 heavy (non-hydrogen) atoms. The molecule has 0 aliphatic rings. The Bertz CT molecular complexity index is 309. The highest BCUT2D eigenvalue weighted by Gasteiger charge is 2.03. The van der Waals surface area contributed by atoms with Gasteiger partial charge in [0.2, 0.25) is 0 Å². The van der Waals surface area contributed by atoms with Gasteiger partial charge in [0.05, 0.1) is 4.99 Å². The Morgan fingerprint density at radius 1 is 1.58 bits per heavy atom. The number of benzene rings is 1. The zero-order chi connectivity index (χ0) is 9.14. The smallest absolute Gasteiger partial charge is 0.126 e. The lowest BCUT2D eigenvalue weighted by Crippen LogP contribution is -2.12. The molecule has 0 unspecified atom stereocenters. The van der Waals surface area contributed by atoms with Crippen LogP contribution in [0.15, 0.2) is 18.2 Å². The minimum absolute atomic E-state index is 0.205. The average molecular weight is 183 g/mol. The van der Waals surface area contributed by atoms with E-state index < -0.39 is 0 Å². The fourth-order valence-electron chi connectivity index (χ4n) is 1.03. The zero-order valence-corrected chi connectivity index (χ0v) is 7.62. The van der Waals surface area contributed by atoms with Crippen LogP contribution in [0.25, 0.3) is 0 Å². The Labute approximate surface area is 76.4 Å². The molecule has 0 radical (unpaired) electrons. The average Bonchev–Trinajstić information content (AvgIpc) is 1.98.